The lowest BCUT2D eigenvalue weighted by Gasteiger charge is -2.24. The molecule has 1 unspecified atom stereocenters. The SMILES string of the molecule is COCC(C)N(C)C(=O)c1ccc([N+](=O)[O-])c(NN)c1. The third kappa shape index (κ3) is 3.43. The maximum atomic E-state index is 12.2. The number of nitro benzene ring substituents is 1. The van der Waals surface area contributed by atoms with Crippen LogP contribution in [0.15, 0.2) is 18.2 Å². The number of methoxy groups -OCH3 is 1. The number of nitrogens with one attached hydrogen (secondary N) is 1. The first kappa shape index (κ1) is 15.9. The summed E-state index contributed by atoms with van der Waals surface area (Å²) >= 11 is 0. The number of nitrogens with two attached hydrogens (primary N) is 1. The Morgan fingerprint density at radius 1 is 1.60 bits per heavy atom. The molecule has 110 valence electrons. The summed E-state index contributed by atoms with van der Waals surface area (Å²) in [6.45, 7) is 2.24. The molecule has 8 nitrogen and oxygen atoms in total. The smallest absolute Gasteiger partial charge is 0.293 e. The number of carbonyl (C=O) groups excluding carboxylic acids is 1. The molecule has 0 radical (unpaired) electrons. The van der Waals surface area contributed by atoms with Crippen LogP contribution in [-0.4, -0.2) is 42.5 Å². The molecule has 0 spiro atoms. The molecule has 0 aromatic heterocycles. The first-order valence-corrected chi connectivity index (χ1v) is 5.93. The molecule has 0 aliphatic carbocycles. The van der Waals surface area contributed by atoms with Crippen LogP contribution in [0, 0.1) is 10.1 Å². The van der Waals surface area contributed by atoms with E-state index in [1.54, 1.807) is 14.2 Å². The minimum atomic E-state index is -0.569. The molecule has 0 bridgehead atoms. The van der Waals surface area contributed by atoms with Gasteiger partial charge in [-0.15, -0.1) is 0 Å². The van der Waals surface area contributed by atoms with E-state index < -0.39 is 4.92 Å². The molecule has 0 fully saturated rings. The number of rotatable bonds is 6. The number of hydrogen-bond donors (Lipinski definition) is 2. The molecule has 1 aromatic rings. The van der Waals surface area contributed by atoms with Crippen molar-refractivity contribution in [3.05, 3.63) is 33.9 Å². The molecule has 3 N–H and O–H groups in total. The van der Waals surface area contributed by atoms with Gasteiger partial charge in [0, 0.05) is 25.8 Å². The molecular formula is C12H18N4O4. The predicted molar refractivity (Wildman–Crippen MR) is 74.3 cm³/mol. The zero-order valence-corrected chi connectivity index (χ0v) is 11.6. The lowest BCUT2D eigenvalue weighted by Crippen LogP contribution is -2.37. The minimum absolute atomic E-state index is 0.0913. The van der Waals surface area contributed by atoms with E-state index in [9.17, 15) is 14.9 Å². The third-order valence-electron chi connectivity index (χ3n) is 2.99. The normalized spacial score (nSPS) is 11.8. The van der Waals surface area contributed by atoms with Crippen LogP contribution < -0.4 is 11.3 Å². The summed E-state index contributed by atoms with van der Waals surface area (Å²) < 4.78 is 4.99. The average Bonchev–Trinajstić information content (AvgIpc) is 2.44. The Morgan fingerprint density at radius 3 is 2.75 bits per heavy atom. The Balaban J connectivity index is 3.02. The molecule has 0 saturated heterocycles. The summed E-state index contributed by atoms with van der Waals surface area (Å²) in [7, 11) is 3.19. The predicted octanol–water partition coefficient (Wildman–Crippen LogP) is 0.987. The van der Waals surface area contributed by atoms with Gasteiger partial charge in [-0.05, 0) is 19.1 Å². The van der Waals surface area contributed by atoms with Crippen molar-refractivity contribution in [2.45, 2.75) is 13.0 Å². The number of nitro groups is 1. The van der Waals surface area contributed by atoms with E-state index in [1.165, 1.54) is 23.1 Å². The molecule has 0 saturated carbocycles. The second kappa shape index (κ2) is 6.83. The van der Waals surface area contributed by atoms with Gasteiger partial charge in [-0.25, -0.2) is 0 Å². The molecular weight excluding hydrogens is 264 g/mol. The number of ether oxygens (including phenoxy) is 1. The van der Waals surface area contributed by atoms with Gasteiger partial charge in [0.05, 0.1) is 17.6 Å². The van der Waals surface area contributed by atoms with Gasteiger partial charge >= 0.3 is 0 Å². The number of benzene rings is 1. The lowest BCUT2D eigenvalue weighted by molar-refractivity contribution is -0.384. The van der Waals surface area contributed by atoms with Crippen LogP contribution in [0.3, 0.4) is 0 Å². The summed E-state index contributed by atoms with van der Waals surface area (Å²) in [5, 5.41) is 10.8. The van der Waals surface area contributed by atoms with Crippen molar-refractivity contribution >= 4 is 17.3 Å². The highest BCUT2D eigenvalue weighted by Gasteiger charge is 2.20. The van der Waals surface area contributed by atoms with Gasteiger partial charge in [-0.1, -0.05) is 0 Å². The molecule has 1 rings (SSSR count). The summed E-state index contributed by atoms with van der Waals surface area (Å²) in [5.74, 6) is 4.98. The molecule has 0 aliphatic rings. The van der Waals surface area contributed by atoms with Crippen molar-refractivity contribution < 1.29 is 14.5 Å². The Bertz CT molecular complexity index is 506. The summed E-state index contributed by atoms with van der Waals surface area (Å²) in [4.78, 5) is 24.0. The van der Waals surface area contributed by atoms with Crippen LogP contribution in [0.5, 0.6) is 0 Å². The van der Waals surface area contributed by atoms with Crippen molar-refractivity contribution in [3.8, 4) is 0 Å². The monoisotopic (exact) mass is 282 g/mol. The van der Waals surface area contributed by atoms with Gasteiger partial charge in [0.15, 0.2) is 0 Å². The van der Waals surface area contributed by atoms with E-state index in [0.29, 0.717) is 12.2 Å². The number of hydrogen-bond acceptors (Lipinski definition) is 6. The van der Waals surface area contributed by atoms with Crippen molar-refractivity contribution in [1.29, 1.82) is 0 Å². The van der Waals surface area contributed by atoms with Gasteiger partial charge < -0.3 is 15.1 Å². The Labute approximate surface area is 116 Å². The fourth-order valence-electron chi connectivity index (χ4n) is 1.70. The van der Waals surface area contributed by atoms with Crippen LogP contribution >= 0.6 is 0 Å². The van der Waals surface area contributed by atoms with E-state index in [-0.39, 0.29) is 23.3 Å². The lowest BCUT2D eigenvalue weighted by atomic mass is 10.1. The first-order chi connectivity index (χ1) is 9.42. The third-order valence-corrected chi connectivity index (χ3v) is 2.99. The van der Waals surface area contributed by atoms with Crippen LogP contribution in [-0.2, 0) is 4.74 Å². The number of anilines is 1. The van der Waals surface area contributed by atoms with Crippen LogP contribution in [0.1, 0.15) is 17.3 Å². The second-order valence-electron chi connectivity index (χ2n) is 4.35. The Kier molecular flexibility index (Phi) is 5.42. The van der Waals surface area contributed by atoms with Crippen LogP contribution in [0.4, 0.5) is 11.4 Å². The highest BCUT2D eigenvalue weighted by molar-refractivity contribution is 5.96. The van der Waals surface area contributed by atoms with Gasteiger partial charge in [-0.2, -0.15) is 0 Å². The van der Waals surface area contributed by atoms with Gasteiger partial charge in [0.1, 0.15) is 5.69 Å². The van der Waals surface area contributed by atoms with Crippen LogP contribution in [0.25, 0.3) is 0 Å². The second-order valence-corrected chi connectivity index (χ2v) is 4.35. The average molecular weight is 282 g/mol. The number of carbonyl (C=O) groups is 1. The van der Waals surface area contributed by atoms with Gasteiger partial charge in [0.2, 0.25) is 0 Å². The first-order valence-electron chi connectivity index (χ1n) is 5.93. The maximum absolute atomic E-state index is 12.2. The molecule has 1 amide bonds. The topological polar surface area (TPSA) is 111 Å². The van der Waals surface area contributed by atoms with E-state index >= 15 is 0 Å². The van der Waals surface area contributed by atoms with Crippen molar-refractivity contribution in [2.75, 3.05) is 26.2 Å². The summed E-state index contributed by atoms with van der Waals surface area (Å²) in [6, 6.07) is 3.89. The number of nitrogen functional groups attached to an aromatic ring is 1. The molecule has 20 heavy (non-hydrogen) atoms. The zero-order valence-electron chi connectivity index (χ0n) is 11.6. The largest absolute Gasteiger partial charge is 0.383 e. The van der Waals surface area contributed by atoms with Crippen molar-refractivity contribution in [1.82, 2.24) is 4.90 Å². The highest BCUT2D eigenvalue weighted by atomic mass is 16.6. The van der Waals surface area contributed by atoms with E-state index in [2.05, 4.69) is 5.43 Å². The molecule has 0 heterocycles. The molecule has 1 aromatic carbocycles. The van der Waals surface area contributed by atoms with E-state index in [4.69, 9.17) is 10.6 Å². The molecule has 1 atom stereocenters. The van der Waals surface area contributed by atoms with Crippen LogP contribution in [0.2, 0.25) is 0 Å². The summed E-state index contributed by atoms with van der Waals surface area (Å²) in [5.41, 5.74) is 2.45. The number of nitrogens with zero attached hydrogens (tertiary/aromatic N) is 2. The number of amides is 1. The fraction of sp³-hybridized carbons (Fsp3) is 0.417. The summed E-state index contributed by atoms with van der Waals surface area (Å²) in [6.07, 6.45) is 0. The maximum Gasteiger partial charge on any atom is 0.293 e. The molecule has 0 aliphatic heterocycles. The standard InChI is InChI=1S/C12H18N4O4/c1-8(7-20-3)15(2)12(17)9-4-5-11(16(18)19)10(6-9)14-13/h4-6,8,14H,7,13H2,1-3H3. The fourth-order valence-corrected chi connectivity index (χ4v) is 1.70. The zero-order chi connectivity index (χ0) is 15.3. The van der Waals surface area contributed by atoms with Gasteiger partial charge in [0.25, 0.3) is 11.6 Å². The quantitative estimate of drug-likeness (QED) is 0.457. The number of likely N-dealkylation sites (N-methyl/N-ethyl adjacent to an activating group) is 1. The Hall–Kier alpha value is -2.19. The van der Waals surface area contributed by atoms with E-state index in [1.807, 2.05) is 6.92 Å². The minimum Gasteiger partial charge on any atom is -0.383 e. The van der Waals surface area contributed by atoms with E-state index in [0.717, 1.165) is 0 Å². The molecule has 8 heteroatoms. The number of hydrazine groups is 1. The van der Waals surface area contributed by atoms with Crippen molar-refractivity contribution in [2.24, 2.45) is 5.84 Å². The highest BCUT2D eigenvalue weighted by Crippen LogP contribution is 2.25. The Morgan fingerprint density at radius 2 is 2.25 bits per heavy atom. The van der Waals surface area contributed by atoms with Gasteiger partial charge in [-0.3, -0.25) is 20.8 Å². The van der Waals surface area contributed by atoms with Crippen molar-refractivity contribution in [3.63, 3.8) is 0 Å².